The largest absolute Gasteiger partial charge is 0.494 e. The van der Waals surface area contributed by atoms with Crippen molar-refractivity contribution in [3.63, 3.8) is 0 Å². The van der Waals surface area contributed by atoms with Crippen molar-refractivity contribution in [3.8, 4) is 5.75 Å². The number of piperazine rings is 1. The van der Waals surface area contributed by atoms with Crippen LogP contribution in [0.25, 0.3) is 4.96 Å². The minimum absolute atomic E-state index is 0.0756. The molecule has 2 aromatic heterocycles. The molecule has 0 aliphatic carbocycles. The summed E-state index contributed by atoms with van der Waals surface area (Å²) < 4.78 is 6.67. The van der Waals surface area contributed by atoms with Gasteiger partial charge >= 0.3 is 0 Å². The average Bonchev–Trinajstić information content (AvgIpc) is 3.17. The lowest BCUT2D eigenvalue weighted by atomic mass is 10.1. The van der Waals surface area contributed by atoms with Crippen LogP contribution in [-0.4, -0.2) is 58.4 Å². The molecule has 0 N–H and O–H groups in total. The van der Waals surface area contributed by atoms with Crippen LogP contribution in [0.2, 0.25) is 10.0 Å². The van der Waals surface area contributed by atoms with E-state index in [1.165, 1.54) is 22.8 Å². The van der Waals surface area contributed by atoms with E-state index in [4.69, 9.17) is 27.9 Å². The number of nitrogens with zero attached hydrogens (tertiary/aromatic N) is 4. The molecule has 0 radical (unpaired) electrons. The third-order valence-electron chi connectivity index (χ3n) is 4.85. The summed E-state index contributed by atoms with van der Waals surface area (Å²) in [6.07, 6.45) is 1.72. The lowest BCUT2D eigenvalue weighted by Gasteiger charge is -2.34. The van der Waals surface area contributed by atoms with E-state index in [9.17, 15) is 9.59 Å². The zero-order valence-corrected chi connectivity index (χ0v) is 17.9. The van der Waals surface area contributed by atoms with Crippen LogP contribution >= 0.6 is 34.5 Å². The Labute approximate surface area is 181 Å². The Bertz CT molecular complexity index is 1100. The molecule has 0 saturated carbocycles. The lowest BCUT2D eigenvalue weighted by molar-refractivity contribution is 0.0627. The number of carbonyl (C=O) groups is 1. The Morgan fingerprint density at radius 1 is 1.17 bits per heavy atom. The van der Waals surface area contributed by atoms with Crippen LogP contribution in [0.1, 0.15) is 16.1 Å². The molecule has 0 atom stereocenters. The predicted octanol–water partition coefficient (Wildman–Crippen LogP) is 3.03. The molecule has 1 saturated heterocycles. The molecule has 4 rings (SSSR count). The van der Waals surface area contributed by atoms with Gasteiger partial charge in [-0.25, -0.2) is 4.98 Å². The maximum atomic E-state index is 12.8. The first-order chi connectivity index (χ1) is 14.0. The number of thiazole rings is 1. The maximum absolute atomic E-state index is 12.8. The van der Waals surface area contributed by atoms with Crippen LogP contribution in [0.4, 0.5) is 0 Å². The smallest absolute Gasteiger partial charge is 0.258 e. The number of amides is 1. The quantitative estimate of drug-likeness (QED) is 0.608. The van der Waals surface area contributed by atoms with Crippen molar-refractivity contribution in [3.05, 3.63) is 61.4 Å². The topological polar surface area (TPSA) is 67.2 Å². The maximum Gasteiger partial charge on any atom is 0.258 e. The van der Waals surface area contributed by atoms with Gasteiger partial charge in [0.2, 0.25) is 0 Å². The minimum Gasteiger partial charge on any atom is -0.494 e. The molecule has 3 aromatic rings. The van der Waals surface area contributed by atoms with Gasteiger partial charge < -0.3 is 9.64 Å². The number of methoxy groups -OCH3 is 1. The van der Waals surface area contributed by atoms with Crippen molar-refractivity contribution in [2.24, 2.45) is 0 Å². The molecule has 1 aliphatic rings. The Hall–Kier alpha value is -2.13. The van der Waals surface area contributed by atoms with E-state index < -0.39 is 0 Å². The molecule has 29 heavy (non-hydrogen) atoms. The van der Waals surface area contributed by atoms with E-state index in [1.807, 2.05) is 5.38 Å². The fourth-order valence-corrected chi connectivity index (χ4v) is 4.75. The molecule has 1 aromatic carbocycles. The first-order valence-electron chi connectivity index (χ1n) is 8.96. The van der Waals surface area contributed by atoms with Gasteiger partial charge in [-0.15, -0.1) is 11.3 Å². The number of rotatable bonds is 4. The van der Waals surface area contributed by atoms with Crippen molar-refractivity contribution in [2.75, 3.05) is 33.3 Å². The van der Waals surface area contributed by atoms with Gasteiger partial charge in [0.1, 0.15) is 0 Å². The van der Waals surface area contributed by atoms with Gasteiger partial charge in [0.15, 0.2) is 10.7 Å². The number of fused-ring (bicyclic) bond motifs is 1. The van der Waals surface area contributed by atoms with Gasteiger partial charge in [-0.2, -0.15) is 0 Å². The molecule has 0 bridgehead atoms. The number of ether oxygens (including phenoxy) is 1. The second-order valence-electron chi connectivity index (χ2n) is 6.68. The third kappa shape index (κ3) is 4.11. The number of benzene rings is 1. The molecule has 1 fully saturated rings. The number of aromatic nitrogens is 2. The highest BCUT2D eigenvalue weighted by Gasteiger charge is 2.24. The molecule has 1 aliphatic heterocycles. The fraction of sp³-hybridized carbons (Fsp3) is 0.316. The van der Waals surface area contributed by atoms with Crippen LogP contribution in [0.5, 0.6) is 5.75 Å². The highest BCUT2D eigenvalue weighted by Crippen LogP contribution is 2.34. The van der Waals surface area contributed by atoms with Gasteiger partial charge in [0.25, 0.3) is 11.5 Å². The Kier molecular flexibility index (Phi) is 5.78. The zero-order chi connectivity index (χ0) is 20.5. The summed E-state index contributed by atoms with van der Waals surface area (Å²) in [7, 11) is 1.48. The van der Waals surface area contributed by atoms with E-state index in [-0.39, 0.29) is 11.5 Å². The highest BCUT2D eigenvalue weighted by atomic mass is 35.5. The van der Waals surface area contributed by atoms with E-state index in [1.54, 1.807) is 29.3 Å². The lowest BCUT2D eigenvalue weighted by Crippen LogP contribution is -2.48. The van der Waals surface area contributed by atoms with Crippen LogP contribution in [0.15, 0.2) is 34.6 Å². The summed E-state index contributed by atoms with van der Waals surface area (Å²) in [6, 6.07) is 4.72. The Balaban J connectivity index is 1.41. The SMILES string of the molecule is COc1c(Cl)cc(C(=O)N2CCN(Cc3cc(=O)n4ccsc4n3)CC2)cc1Cl. The van der Waals surface area contributed by atoms with Gasteiger partial charge in [-0.3, -0.25) is 18.9 Å². The van der Waals surface area contributed by atoms with Gasteiger partial charge in [-0.05, 0) is 12.1 Å². The number of hydrogen-bond acceptors (Lipinski definition) is 6. The minimum atomic E-state index is -0.118. The van der Waals surface area contributed by atoms with Crippen LogP contribution < -0.4 is 10.3 Å². The van der Waals surface area contributed by atoms with Crippen molar-refractivity contribution >= 4 is 45.4 Å². The van der Waals surface area contributed by atoms with Crippen molar-refractivity contribution in [2.45, 2.75) is 6.54 Å². The van der Waals surface area contributed by atoms with Crippen molar-refractivity contribution in [1.82, 2.24) is 19.2 Å². The molecule has 10 heteroatoms. The van der Waals surface area contributed by atoms with E-state index in [2.05, 4.69) is 9.88 Å². The average molecular weight is 453 g/mol. The summed E-state index contributed by atoms with van der Waals surface area (Å²) in [6.45, 7) is 3.09. The molecule has 152 valence electrons. The van der Waals surface area contributed by atoms with E-state index >= 15 is 0 Å². The standard InChI is InChI=1S/C19H18Cl2N4O3S/c1-28-17-14(20)8-12(9-15(17)21)18(27)24-4-2-23(3-5-24)11-13-10-16(26)25-6-7-29-19(25)22-13/h6-10H,2-5,11H2,1H3. The van der Waals surface area contributed by atoms with Gasteiger partial charge in [-0.1, -0.05) is 23.2 Å². The third-order valence-corrected chi connectivity index (χ3v) is 6.17. The van der Waals surface area contributed by atoms with Crippen molar-refractivity contribution in [1.29, 1.82) is 0 Å². The molecule has 0 unspecified atom stereocenters. The Morgan fingerprint density at radius 2 is 1.86 bits per heavy atom. The number of hydrogen-bond donors (Lipinski definition) is 0. The monoisotopic (exact) mass is 452 g/mol. The van der Waals surface area contributed by atoms with Crippen LogP contribution in [0.3, 0.4) is 0 Å². The second-order valence-corrected chi connectivity index (χ2v) is 8.37. The van der Waals surface area contributed by atoms with Gasteiger partial charge in [0, 0.05) is 55.9 Å². The number of halogens is 2. The summed E-state index contributed by atoms with van der Waals surface area (Å²) in [5, 5.41) is 2.46. The first-order valence-corrected chi connectivity index (χ1v) is 10.6. The summed E-state index contributed by atoms with van der Waals surface area (Å²) in [5.74, 6) is 0.244. The second kappa shape index (κ2) is 8.31. The summed E-state index contributed by atoms with van der Waals surface area (Å²) in [5.41, 5.74) is 1.10. The fourth-order valence-electron chi connectivity index (χ4n) is 3.37. The zero-order valence-electron chi connectivity index (χ0n) is 15.6. The van der Waals surface area contributed by atoms with E-state index in [0.717, 1.165) is 5.69 Å². The molecular formula is C19H18Cl2N4O3S. The molecular weight excluding hydrogens is 435 g/mol. The van der Waals surface area contributed by atoms with Crippen molar-refractivity contribution < 1.29 is 9.53 Å². The molecule has 7 nitrogen and oxygen atoms in total. The first kappa shape index (κ1) is 20.2. The molecule has 0 spiro atoms. The van der Waals surface area contributed by atoms with Crippen LogP contribution in [-0.2, 0) is 6.54 Å². The van der Waals surface area contributed by atoms with Gasteiger partial charge in [0.05, 0.1) is 22.8 Å². The number of carbonyl (C=O) groups excluding carboxylic acids is 1. The predicted molar refractivity (Wildman–Crippen MR) is 114 cm³/mol. The molecule has 1 amide bonds. The van der Waals surface area contributed by atoms with E-state index in [0.29, 0.717) is 59.0 Å². The van der Waals surface area contributed by atoms with Crippen LogP contribution in [0, 0.1) is 0 Å². The Morgan fingerprint density at radius 3 is 2.52 bits per heavy atom. The molecule has 3 heterocycles. The normalized spacial score (nSPS) is 15.1. The summed E-state index contributed by atoms with van der Waals surface area (Å²) >= 11 is 13.7. The summed E-state index contributed by atoms with van der Waals surface area (Å²) in [4.78, 5) is 34.1. The highest BCUT2D eigenvalue weighted by molar-refractivity contribution is 7.15.